The van der Waals surface area contributed by atoms with Crippen LogP contribution in [0.5, 0.6) is 5.75 Å². The van der Waals surface area contributed by atoms with Crippen molar-refractivity contribution in [3.05, 3.63) is 46.4 Å². The molecule has 0 aliphatic rings. The van der Waals surface area contributed by atoms with Gasteiger partial charge in [0.2, 0.25) is 5.78 Å². The van der Waals surface area contributed by atoms with E-state index in [-0.39, 0.29) is 28.2 Å². The van der Waals surface area contributed by atoms with Crippen LogP contribution in [0, 0.1) is 0 Å². The fraction of sp³-hybridized carbons (Fsp3) is 0.0833. The molecular formula is C12H5Br2Cl3O2S. The van der Waals surface area contributed by atoms with Gasteiger partial charge in [0.25, 0.3) is 0 Å². The Morgan fingerprint density at radius 2 is 1.75 bits per heavy atom. The highest BCUT2D eigenvalue weighted by molar-refractivity contribution is 9.12. The van der Waals surface area contributed by atoms with Crippen molar-refractivity contribution in [3.63, 3.8) is 0 Å². The highest BCUT2D eigenvalue weighted by Crippen LogP contribution is 2.36. The van der Waals surface area contributed by atoms with E-state index in [4.69, 9.17) is 39.5 Å². The summed E-state index contributed by atoms with van der Waals surface area (Å²) in [5.74, 6) is 0.0670. The first-order valence-electron chi connectivity index (χ1n) is 5.14. The molecule has 0 bridgehead atoms. The Bertz CT molecular complexity index is 650. The minimum absolute atomic E-state index is 0.164. The maximum atomic E-state index is 12.1. The zero-order chi connectivity index (χ0) is 14.9. The molecule has 1 aromatic carbocycles. The zero-order valence-electron chi connectivity index (χ0n) is 9.55. The zero-order valence-corrected chi connectivity index (χ0v) is 15.8. The third-order valence-electron chi connectivity index (χ3n) is 2.27. The molecule has 106 valence electrons. The fourth-order valence-corrected chi connectivity index (χ4v) is 5.19. The highest BCUT2D eigenvalue weighted by atomic mass is 79.9. The summed E-state index contributed by atoms with van der Waals surface area (Å²) in [6.07, 6.45) is 0. The minimum Gasteiger partial charge on any atom is -0.482 e. The quantitative estimate of drug-likeness (QED) is 0.469. The topological polar surface area (TPSA) is 26.3 Å². The molecule has 0 atom stereocenters. The van der Waals surface area contributed by atoms with Crippen LogP contribution in [0.4, 0.5) is 0 Å². The number of carbonyl (C=O) groups excluding carboxylic acids is 1. The smallest absolute Gasteiger partial charge is 0.202 e. The first-order valence-corrected chi connectivity index (χ1v) is 8.67. The molecule has 0 radical (unpaired) electrons. The molecule has 0 saturated carbocycles. The van der Waals surface area contributed by atoms with Gasteiger partial charge in [-0.3, -0.25) is 4.79 Å². The van der Waals surface area contributed by atoms with E-state index in [0.29, 0.717) is 10.6 Å². The van der Waals surface area contributed by atoms with Crippen LogP contribution < -0.4 is 4.74 Å². The van der Waals surface area contributed by atoms with Gasteiger partial charge in [-0.25, -0.2) is 0 Å². The van der Waals surface area contributed by atoms with Gasteiger partial charge in [0, 0.05) is 10.6 Å². The number of thiophene rings is 1. The SMILES string of the molecule is O=C(COc1c(Cl)cc(Cl)cc1Cl)c1cc(Br)sc1Br. The van der Waals surface area contributed by atoms with Crippen molar-refractivity contribution in [3.8, 4) is 5.75 Å². The molecule has 0 amide bonds. The molecule has 1 aromatic heterocycles. The molecule has 8 heteroatoms. The molecule has 0 unspecified atom stereocenters. The largest absolute Gasteiger partial charge is 0.482 e. The summed E-state index contributed by atoms with van der Waals surface area (Å²) < 4.78 is 7.00. The van der Waals surface area contributed by atoms with Crippen LogP contribution in [0.1, 0.15) is 10.4 Å². The summed E-state index contributed by atoms with van der Waals surface area (Å²) >= 11 is 25.8. The summed E-state index contributed by atoms with van der Waals surface area (Å²) in [7, 11) is 0. The summed E-state index contributed by atoms with van der Waals surface area (Å²) in [5, 5.41) is 0.935. The molecule has 2 aromatic rings. The number of rotatable bonds is 4. The number of carbonyl (C=O) groups is 1. The van der Waals surface area contributed by atoms with Crippen LogP contribution >= 0.6 is 78.0 Å². The molecule has 1 heterocycles. The van der Waals surface area contributed by atoms with Gasteiger partial charge in [-0.2, -0.15) is 0 Å². The Morgan fingerprint density at radius 1 is 1.15 bits per heavy atom. The van der Waals surface area contributed by atoms with Gasteiger partial charge in [-0.15, -0.1) is 11.3 Å². The average Bonchev–Trinajstić information content (AvgIpc) is 2.66. The second-order valence-corrected chi connectivity index (χ2v) is 8.65. The normalized spacial score (nSPS) is 10.7. The van der Waals surface area contributed by atoms with Crippen molar-refractivity contribution >= 4 is 83.8 Å². The highest BCUT2D eigenvalue weighted by Gasteiger charge is 2.16. The van der Waals surface area contributed by atoms with Gasteiger partial charge < -0.3 is 4.74 Å². The van der Waals surface area contributed by atoms with Gasteiger partial charge in [-0.05, 0) is 50.1 Å². The molecule has 2 rings (SSSR count). The number of ketones is 1. The molecule has 0 aliphatic carbocycles. The van der Waals surface area contributed by atoms with Crippen molar-refractivity contribution in [2.75, 3.05) is 6.61 Å². The van der Waals surface area contributed by atoms with Gasteiger partial charge in [0.15, 0.2) is 12.4 Å². The van der Waals surface area contributed by atoms with Crippen LogP contribution in [-0.2, 0) is 0 Å². The summed E-state index contributed by atoms with van der Waals surface area (Å²) in [6.45, 7) is -0.164. The predicted octanol–water partition coefficient (Wildman–Crippen LogP) is 6.50. The average molecular weight is 479 g/mol. The molecule has 0 N–H and O–H groups in total. The van der Waals surface area contributed by atoms with Crippen molar-refractivity contribution in [1.82, 2.24) is 0 Å². The van der Waals surface area contributed by atoms with E-state index in [0.717, 1.165) is 7.57 Å². The maximum absolute atomic E-state index is 12.1. The van der Waals surface area contributed by atoms with Gasteiger partial charge in [0.1, 0.15) is 0 Å². The van der Waals surface area contributed by atoms with Crippen molar-refractivity contribution in [2.45, 2.75) is 0 Å². The fourth-order valence-electron chi connectivity index (χ4n) is 1.41. The van der Waals surface area contributed by atoms with E-state index >= 15 is 0 Å². The Kier molecular flexibility index (Phi) is 5.79. The third kappa shape index (κ3) is 3.90. The third-order valence-corrected chi connectivity index (χ3v) is 5.39. The maximum Gasteiger partial charge on any atom is 0.202 e. The van der Waals surface area contributed by atoms with Crippen molar-refractivity contribution in [1.29, 1.82) is 0 Å². The molecule has 0 saturated heterocycles. The lowest BCUT2D eigenvalue weighted by Gasteiger charge is -2.09. The Hall–Kier alpha value is 0.220. The molecule has 0 spiro atoms. The number of hydrogen-bond donors (Lipinski definition) is 0. The number of benzene rings is 1. The van der Waals surface area contributed by atoms with E-state index in [1.165, 1.54) is 23.5 Å². The lowest BCUT2D eigenvalue weighted by molar-refractivity contribution is 0.0921. The number of halogens is 5. The summed E-state index contributed by atoms with van der Waals surface area (Å²) in [5.41, 5.74) is 0.545. The lowest BCUT2D eigenvalue weighted by atomic mass is 10.2. The van der Waals surface area contributed by atoms with E-state index in [2.05, 4.69) is 31.9 Å². The van der Waals surface area contributed by atoms with Crippen LogP contribution in [0.2, 0.25) is 15.1 Å². The second-order valence-electron chi connectivity index (χ2n) is 3.65. The molecular weight excluding hydrogens is 474 g/mol. The number of hydrogen-bond acceptors (Lipinski definition) is 3. The van der Waals surface area contributed by atoms with Crippen LogP contribution in [0.15, 0.2) is 25.8 Å². The molecule has 20 heavy (non-hydrogen) atoms. The number of ether oxygens (including phenoxy) is 1. The number of Topliss-reactive ketones (excluding diaryl/α,β-unsaturated/α-hetero) is 1. The summed E-state index contributed by atoms with van der Waals surface area (Å²) in [4.78, 5) is 12.1. The standard InChI is InChI=1S/C12H5Br2Cl3O2S/c13-10-3-6(12(14)20-10)9(18)4-19-11-7(16)1-5(15)2-8(11)17/h1-3H,4H2. The second kappa shape index (κ2) is 6.99. The van der Waals surface area contributed by atoms with Crippen molar-refractivity contribution < 1.29 is 9.53 Å². The molecule has 2 nitrogen and oxygen atoms in total. The van der Waals surface area contributed by atoms with Crippen LogP contribution in [0.25, 0.3) is 0 Å². The van der Waals surface area contributed by atoms with E-state index in [9.17, 15) is 4.79 Å². The van der Waals surface area contributed by atoms with E-state index < -0.39 is 0 Å². The Balaban J connectivity index is 2.13. The molecule has 0 aliphatic heterocycles. The van der Waals surface area contributed by atoms with Crippen LogP contribution in [0.3, 0.4) is 0 Å². The van der Waals surface area contributed by atoms with E-state index in [1.807, 2.05) is 0 Å². The Morgan fingerprint density at radius 3 is 2.25 bits per heavy atom. The van der Waals surface area contributed by atoms with Gasteiger partial charge >= 0.3 is 0 Å². The first-order chi connectivity index (χ1) is 9.38. The van der Waals surface area contributed by atoms with Gasteiger partial charge in [0.05, 0.1) is 17.6 Å². The first kappa shape index (κ1) is 16.6. The van der Waals surface area contributed by atoms with Crippen molar-refractivity contribution in [2.24, 2.45) is 0 Å². The van der Waals surface area contributed by atoms with E-state index in [1.54, 1.807) is 6.07 Å². The predicted molar refractivity (Wildman–Crippen MR) is 91.0 cm³/mol. The van der Waals surface area contributed by atoms with Gasteiger partial charge in [-0.1, -0.05) is 34.8 Å². The van der Waals surface area contributed by atoms with Crippen LogP contribution in [-0.4, -0.2) is 12.4 Å². The summed E-state index contributed by atoms with van der Waals surface area (Å²) in [6, 6.07) is 4.74. The monoisotopic (exact) mass is 476 g/mol. The minimum atomic E-state index is -0.180. The Labute approximate surface area is 151 Å². The lowest BCUT2D eigenvalue weighted by Crippen LogP contribution is -2.11. The molecule has 0 fully saturated rings.